The Labute approximate surface area is 380 Å². The molecule has 61 heavy (non-hydrogen) atoms. The molecule has 0 spiro atoms. The molecule has 0 amide bonds. The number of nitrogens with zero attached hydrogens (tertiary/aromatic N) is 2. The summed E-state index contributed by atoms with van der Waals surface area (Å²) >= 11 is 7.48. The maximum absolute atomic E-state index is 3.74. The average Bonchev–Trinajstić information content (AvgIpc) is 3.77. The van der Waals surface area contributed by atoms with E-state index in [1.165, 1.54) is 115 Å². The van der Waals surface area contributed by atoms with E-state index in [4.69, 9.17) is 0 Å². The first-order valence-electron chi connectivity index (χ1n) is 22.4. The molecule has 0 fully saturated rings. The molecule has 0 aromatic heterocycles. The number of benzene rings is 6. The van der Waals surface area contributed by atoms with Gasteiger partial charge in [-0.2, -0.15) is 4.58 Å². The van der Waals surface area contributed by atoms with Gasteiger partial charge >= 0.3 is 0 Å². The highest BCUT2D eigenvalue weighted by molar-refractivity contribution is 9.10. The summed E-state index contributed by atoms with van der Waals surface area (Å²) in [5, 5.41) is 5.23. The topological polar surface area (TPSA) is 6.25 Å². The molecule has 2 nitrogen and oxygen atoms in total. The molecule has 0 radical (unpaired) electrons. The average molecular weight is 930 g/mol. The third-order valence-corrected chi connectivity index (χ3v) is 14.5. The van der Waals surface area contributed by atoms with Gasteiger partial charge in [-0.15, -0.1) is 0 Å². The molecular weight excluding hydrogens is 872 g/mol. The first-order chi connectivity index (χ1) is 29.5. The molecule has 0 unspecified atom stereocenters. The lowest BCUT2D eigenvalue weighted by Crippen LogP contribution is -2.28. The van der Waals surface area contributed by atoms with Crippen molar-refractivity contribution in [2.75, 3.05) is 18.0 Å². The molecule has 1 aliphatic carbocycles. The molecule has 3 aliphatic rings. The highest BCUT2D eigenvalue weighted by Gasteiger charge is 2.46. The first-order valence-corrected chi connectivity index (χ1v) is 24.0. The van der Waals surface area contributed by atoms with E-state index in [1.807, 2.05) is 0 Å². The Morgan fingerprint density at radius 3 is 1.95 bits per heavy atom. The summed E-state index contributed by atoms with van der Waals surface area (Å²) in [7, 11) is 0. The lowest BCUT2D eigenvalue weighted by Gasteiger charge is -2.27. The van der Waals surface area contributed by atoms with E-state index in [0.29, 0.717) is 0 Å². The van der Waals surface area contributed by atoms with Gasteiger partial charge in [0.2, 0.25) is 5.69 Å². The van der Waals surface area contributed by atoms with Crippen LogP contribution in [0.5, 0.6) is 0 Å². The van der Waals surface area contributed by atoms with Gasteiger partial charge in [0, 0.05) is 56.4 Å². The van der Waals surface area contributed by atoms with E-state index in [9.17, 15) is 0 Å². The van der Waals surface area contributed by atoms with Crippen LogP contribution in [-0.4, -0.2) is 23.4 Å². The smallest absolute Gasteiger partial charge is 0.210 e. The second kappa shape index (κ2) is 16.8. The normalized spacial score (nSPS) is 17.8. The third-order valence-electron chi connectivity index (χ3n) is 13.5. The van der Waals surface area contributed by atoms with Crippen molar-refractivity contribution in [1.29, 1.82) is 0 Å². The van der Waals surface area contributed by atoms with Gasteiger partial charge in [-0.05, 0) is 136 Å². The number of unbranched alkanes of at least 4 members (excludes halogenated alkanes) is 4. The van der Waals surface area contributed by atoms with E-state index in [2.05, 4.69) is 222 Å². The first kappa shape index (κ1) is 41.6. The van der Waals surface area contributed by atoms with Gasteiger partial charge < -0.3 is 4.90 Å². The monoisotopic (exact) mass is 927 g/mol. The van der Waals surface area contributed by atoms with Crippen molar-refractivity contribution >= 4 is 87.2 Å². The van der Waals surface area contributed by atoms with E-state index >= 15 is 0 Å². The van der Waals surface area contributed by atoms with Gasteiger partial charge in [0.15, 0.2) is 5.71 Å². The molecule has 9 rings (SSSR count). The van der Waals surface area contributed by atoms with Crippen LogP contribution in [0, 0.1) is 0 Å². The minimum absolute atomic E-state index is 0.190. The Morgan fingerprint density at radius 1 is 0.607 bits per heavy atom. The minimum atomic E-state index is -0.190. The van der Waals surface area contributed by atoms with Gasteiger partial charge in [0.05, 0.1) is 5.41 Å². The SMILES string of the molecule is CCCCCN1/C(=C/C=C2C(c3ccccc3)=C(/C=C/C3=[N+](CCCCC)c4ccc5cc(Br)ccc5c4C3(C)C)c3ccccc3/2)C(C)(C)c2c1ccc1cc(Br)ccc21. The van der Waals surface area contributed by atoms with Crippen molar-refractivity contribution in [2.45, 2.75) is 90.9 Å². The predicted octanol–water partition coefficient (Wildman–Crippen LogP) is 16.5. The minimum Gasteiger partial charge on any atom is -0.344 e. The summed E-state index contributed by atoms with van der Waals surface area (Å²) in [4.78, 5) is 2.63. The Kier molecular flexibility index (Phi) is 11.5. The Balaban J connectivity index is 1.22. The molecule has 0 N–H and O–H groups in total. The predicted molar refractivity (Wildman–Crippen MR) is 270 cm³/mol. The van der Waals surface area contributed by atoms with E-state index in [1.54, 1.807) is 0 Å². The quantitative estimate of drug-likeness (QED) is 0.0875. The summed E-state index contributed by atoms with van der Waals surface area (Å²) in [6.45, 7) is 16.3. The highest BCUT2D eigenvalue weighted by Crippen LogP contribution is 2.53. The summed E-state index contributed by atoms with van der Waals surface area (Å²) in [5.74, 6) is 0. The fraction of sp³-hybridized carbons (Fsp3) is 0.281. The summed E-state index contributed by atoms with van der Waals surface area (Å²) in [6.07, 6.45) is 17.0. The van der Waals surface area contributed by atoms with Crippen LogP contribution >= 0.6 is 31.9 Å². The van der Waals surface area contributed by atoms with Crippen LogP contribution in [0.4, 0.5) is 11.4 Å². The number of halogens is 2. The summed E-state index contributed by atoms with van der Waals surface area (Å²) in [6, 6.07) is 43.0. The van der Waals surface area contributed by atoms with Gasteiger partial charge in [0.25, 0.3) is 0 Å². The molecule has 2 aliphatic heterocycles. The number of fused-ring (bicyclic) bond motifs is 7. The molecule has 308 valence electrons. The van der Waals surface area contributed by atoms with Crippen molar-refractivity contribution in [2.24, 2.45) is 0 Å². The molecule has 4 heteroatoms. The number of hydrogen-bond acceptors (Lipinski definition) is 1. The van der Waals surface area contributed by atoms with Gasteiger partial charge in [-0.3, -0.25) is 0 Å². The van der Waals surface area contributed by atoms with Crippen molar-refractivity contribution in [1.82, 2.24) is 0 Å². The number of allylic oxidation sites excluding steroid dienone is 8. The lowest BCUT2D eigenvalue weighted by molar-refractivity contribution is -0.438. The van der Waals surface area contributed by atoms with Crippen LogP contribution in [0.15, 0.2) is 154 Å². The molecule has 0 atom stereocenters. The fourth-order valence-corrected chi connectivity index (χ4v) is 11.4. The largest absolute Gasteiger partial charge is 0.344 e. The lowest BCUT2D eigenvalue weighted by atomic mass is 9.79. The summed E-state index contributed by atoms with van der Waals surface area (Å²) in [5.41, 5.74) is 15.5. The van der Waals surface area contributed by atoms with Gasteiger partial charge in [0.1, 0.15) is 6.54 Å². The maximum atomic E-state index is 3.74. The third kappa shape index (κ3) is 7.32. The zero-order chi connectivity index (χ0) is 42.5. The van der Waals surface area contributed by atoms with Crippen LogP contribution in [0.2, 0.25) is 0 Å². The Bertz CT molecular complexity index is 2850. The zero-order valence-corrected chi connectivity index (χ0v) is 39.8. The molecule has 6 aromatic rings. The van der Waals surface area contributed by atoms with Crippen molar-refractivity contribution in [3.8, 4) is 0 Å². The van der Waals surface area contributed by atoms with Crippen LogP contribution in [0.25, 0.3) is 38.3 Å². The molecule has 6 aromatic carbocycles. The Morgan fingerprint density at radius 2 is 1.25 bits per heavy atom. The van der Waals surface area contributed by atoms with Crippen LogP contribution in [0.3, 0.4) is 0 Å². The molecule has 0 saturated carbocycles. The standard InChI is InChI=1S/C57H57Br2N2/c1-7-9-16-34-60-49-30-22-39-36-41(58)24-26-43(39)54(49)56(3,4)51(60)32-28-47-45-20-14-15-21-46(45)48(53(47)38-18-12-11-13-19-38)29-33-52-57(5,6)55-44-27-25-42(59)37-40(44)23-31-50(55)61(52)35-17-10-8-2/h11-15,18-33,36-37H,7-10,16-17,34-35H2,1-6H3/q+1. The molecule has 0 bridgehead atoms. The number of hydrogen-bond donors (Lipinski definition) is 0. The second-order valence-electron chi connectivity index (χ2n) is 18.2. The van der Waals surface area contributed by atoms with Crippen molar-refractivity contribution in [3.05, 3.63) is 182 Å². The van der Waals surface area contributed by atoms with E-state index in [0.717, 1.165) is 34.9 Å². The summed E-state index contributed by atoms with van der Waals surface area (Å²) < 4.78 is 4.86. The van der Waals surface area contributed by atoms with Gasteiger partial charge in [-0.25, -0.2) is 0 Å². The van der Waals surface area contributed by atoms with Crippen molar-refractivity contribution < 1.29 is 4.58 Å². The molecular formula is C57H57Br2N2+. The number of rotatable bonds is 12. The molecule has 2 heterocycles. The van der Waals surface area contributed by atoms with Gasteiger partial charge in [-0.1, -0.05) is 158 Å². The Hall–Kier alpha value is -4.77. The van der Waals surface area contributed by atoms with Crippen molar-refractivity contribution in [3.63, 3.8) is 0 Å². The molecule has 0 saturated heterocycles. The zero-order valence-electron chi connectivity index (χ0n) is 36.6. The van der Waals surface area contributed by atoms with E-state index < -0.39 is 0 Å². The van der Waals surface area contributed by atoms with Crippen LogP contribution in [-0.2, 0) is 10.8 Å². The maximum Gasteiger partial charge on any atom is 0.210 e. The number of anilines is 1. The van der Waals surface area contributed by atoms with Crippen LogP contribution < -0.4 is 4.90 Å². The fourth-order valence-electron chi connectivity index (χ4n) is 10.6. The van der Waals surface area contributed by atoms with E-state index in [-0.39, 0.29) is 10.8 Å². The van der Waals surface area contributed by atoms with Crippen LogP contribution in [0.1, 0.15) is 108 Å². The second-order valence-corrected chi connectivity index (χ2v) is 20.0. The highest BCUT2D eigenvalue weighted by atomic mass is 79.9.